The number of hydrogen-bond donors (Lipinski definition) is 0. The van der Waals surface area contributed by atoms with E-state index in [9.17, 15) is 27.9 Å². The molecular weight excluding hydrogens is 337 g/mol. The van der Waals surface area contributed by atoms with Gasteiger partial charge in [-0.05, 0) is 42.0 Å². The van der Waals surface area contributed by atoms with E-state index in [1.54, 1.807) is 0 Å². The lowest BCUT2D eigenvalue weighted by atomic mass is 10.0. The Labute approximate surface area is 141 Å². The first-order valence-electron chi connectivity index (χ1n) is 7.09. The first kappa shape index (κ1) is 18.3. The molecule has 2 aromatic carbocycles. The molecule has 7 heteroatoms. The lowest BCUT2D eigenvalue weighted by molar-refractivity contribution is -0.307. The van der Waals surface area contributed by atoms with Crippen molar-refractivity contribution >= 4 is 17.8 Å². The van der Waals surface area contributed by atoms with Crippen molar-refractivity contribution in [1.82, 2.24) is 0 Å². The van der Waals surface area contributed by atoms with Crippen LogP contribution < -0.4 is 9.84 Å². The quantitative estimate of drug-likeness (QED) is 0.594. The van der Waals surface area contributed by atoms with Gasteiger partial charge >= 0.3 is 6.18 Å². The van der Waals surface area contributed by atoms with Gasteiger partial charge in [-0.25, -0.2) is 0 Å². The molecule has 2 aromatic rings. The number of allylic oxidation sites excluding steroid dienone is 1. The number of carboxylic acid groups (broad SMARTS) is 1. The van der Waals surface area contributed by atoms with Crippen LogP contribution in [0.25, 0.3) is 6.08 Å². The van der Waals surface area contributed by atoms with Gasteiger partial charge in [0.1, 0.15) is 12.4 Å². The summed E-state index contributed by atoms with van der Waals surface area (Å²) in [5, 5.41) is 10.3. The van der Waals surface area contributed by atoms with Crippen LogP contribution in [0.4, 0.5) is 13.2 Å². The minimum atomic E-state index is -4.51. The number of ether oxygens (including phenoxy) is 1. The number of carbonyl (C=O) groups is 2. The second-order valence-corrected chi connectivity index (χ2v) is 4.97. The molecule has 0 unspecified atom stereocenters. The Hall–Kier alpha value is -3.09. The Morgan fingerprint density at radius 1 is 1.04 bits per heavy atom. The van der Waals surface area contributed by atoms with Gasteiger partial charge in [-0.2, -0.15) is 13.2 Å². The number of halogens is 3. The average Bonchev–Trinajstić information content (AvgIpc) is 2.57. The van der Waals surface area contributed by atoms with Crippen molar-refractivity contribution in [1.29, 1.82) is 0 Å². The predicted octanol–water partition coefficient (Wildman–Crippen LogP) is 2.73. The van der Waals surface area contributed by atoms with Crippen LogP contribution in [0.5, 0.6) is 5.75 Å². The zero-order valence-corrected chi connectivity index (χ0v) is 12.7. The van der Waals surface area contributed by atoms with E-state index in [0.717, 1.165) is 18.2 Å². The number of hydrogen-bond acceptors (Lipinski definition) is 4. The monoisotopic (exact) mass is 349 g/mol. The van der Waals surface area contributed by atoms with Gasteiger partial charge in [0.25, 0.3) is 0 Å². The minimum Gasteiger partial charge on any atom is -0.546 e. The molecule has 0 heterocycles. The normalized spacial score (nSPS) is 11.5. The molecule has 0 radical (unpaired) electrons. The zero-order chi connectivity index (χ0) is 18.4. The molecule has 0 amide bonds. The Morgan fingerprint density at radius 3 is 2.28 bits per heavy atom. The number of carbonyl (C=O) groups excluding carboxylic acids is 2. The van der Waals surface area contributed by atoms with Crippen molar-refractivity contribution in [2.24, 2.45) is 0 Å². The molecule has 0 aliphatic heterocycles. The molecule has 0 saturated heterocycles. The summed E-state index contributed by atoms with van der Waals surface area (Å²) in [4.78, 5) is 22.3. The fraction of sp³-hybridized carbons (Fsp3) is 0.111. The number of alkyl halides is 3. The smallest absolute Gasteiger partial charge is 0.416 e. The third-order valence-corrected chi connectivity index (χ3v) is 3.18. The van der Waals surface area contributed by atoms with E-state index in [1.807, 2.05) is 0 Å². The number of benzene rings is 2. The van der Waals surface area contributed by atoms with E-state index >= 15 is 0 Å². The second kappa shape index (κ2) is 7.65. The molecule has 0 bridgehead atoms. The molecule has 0 N–H and O–H groups in total. The van der Waals surface area contributed by atoms with Crippen molar-refractivity contribution in [3.63, 3.8) is 0 Å². The molecule has 25 heavy (non-hydrogen) atoms. The molecule has 0 atom stereocenters. The molecule has 0 fully saturated rings. The van der Waals surface area contributed by atoms with Crippen LogP contribution in [0, 0.1) is 0 Å². The SMILES string of the molecule is O=C([O-])COc1ccc(C(=O)/C=C/c2ccccc2C(F)(F)F)cc1. The minimum absolute atomic E-state index is 0.114. The molecule has 0 aliphatic carbocycles. The lowest BCUT2D eigenvalue weighted by Gasteiger charge is -2.09. The van der Waals surface area contributed by atoms with Crippen LogP contribution in [0.15, 0.2) is 54.6 Å². The van der Waals surface area contributed by atoms with Gasteiger partial charge in [-0.15, -0.1) is 0 Å². The molecule has 0 spiro atoms. The molecule has 2 rings (SSSR count). The van der Waals surface area contributed by atoms with Gasteiger partial charge < -0.3 is 14.6 Å². The summed E-state index contributed by atoms with van der Waals surface area (Å²) in [7, 11) is 0. The number of rotatable bonds is 6. The van der Waals surface area contributed by atoms with Gasteiger partial charge in [0.05, 0.1) is 11.5 Å². The van der Waals surface area contributed by atoms with Crippen LogP contribution in [-0.4, -0.2) is 18.4 Å². The first-order valence-corrected chi connectivity index (χ1v) is 7.09. The Kier molecular flexibility index (Phi) is 5.59. The maximum atomic E-state index is 12.9. The van der Waals surface area contributed by atoms with E-state index in [2.05, 4.69) is 0 Å². The van der Waals surface area contributed by atoms with Crippen LogP contribution >= 0.6 is 0 Å². The van der Waals surface area contributed by atoms with E-state index in [-0.39, 0.29) is 16.9 Å². The predicted molar refractivity (Wildman–Crippen MR) is 81.8 cm³/mol. The van der Waals surface area contributed by atoms with Crippen LogP contribution in [0.3, 0.4) is 0 Å². The topological polar surface area (TPSA) is 66.4 Å². The average molecular weight is 349 g/mol. The summed E-state index contributed by atoms with van der Waals surface area (Å²) in [5.41, 5.74) is -0.719. The largest absolute Gasteiger partial charge is 0.546 e. The lowest BCUT2D eigenvalue weighted by Crippen LogP contribution is -2.28. The summed E-state index contributed by atoms with van der Waals surface area (Å²) in [6, 6.07) is 10.5. The number of ketones is 1. The van der Waals surface area contributed by atoms with E-state index in [1.165, 1.54) is 42.5 Å². The highest BCUT2D eigenvalue weighted by Crippen LogP contribution is 2.32. The Bertz CT molecular complexity index is 793. The summed E-state index contributed by atoms with van der Waals surface area (Å²) in [6.45, 7) is -0.624. The van der Waals surface area contributed by atoms with E-state index in [0.29, 0.717) is 0 Å². The summed E-state index contributed by atoms with van der Waals surface area (Å²) < 4.78 is 43.5. The van der Waals surface area contributed by atoms with Crippen LogP contribution in [0.2, 0.25) is 0 Å². The second-order valence-electron chi connectivity index (χ2n) is 4.97. The van der Waals surface area contributed by atoms with Crippen LogP contribution in [-0.2, 0) is 11.0 Å². The van der Waals surface area contributed by atoms with Crippen molar-refractivity contribution in [3.05, 3.63) is 71.3 Å². The maximum Gasteiger partial charge on any atom is 0.416 e. The van der Waals surface area contributed by atoms with Crippen molar-refractivity contribution in [2.75, 3.05) is 6.61 Å². The van der Waals surface area contributed by atoms with E-state index in [4.69, 9.17) is 4.74 Å². The fourth-order valence-corrected chi connectivity index (χ4v) is 2.02. The van der Waals surface area contributed by atoms with Gasteiger partial charge in [0, 0.05) is 5.56 Å². The number of aliphatic carboxylic acids is 1. The maximum absolute atomic E-state index is 12.9. The molecule has 0 saturated carbocycles. The summed E-state index contributed by atoms with van der Waals surface area (Å²) in [6.07, 6.45) is -2.37. The summed E-state index contributed by atoms with van der Waals surface area (Å²) >= 11 is 0. The molecule has 130 valence electrons. The fourth-order valence-electron chi connectivity index (χ4n) is 2.02. The highest BCUT2D eigenvalue weighted by molar-refractivity contribution is 6.06. The molecule has 0 aliphatic rings. The molecular formula is C18H12F3O4-. The Morgan fingerprint density at radius 2 is 1.68 bits per heavy atom. The zero-order valence-electron chi connectivity index (χ0n) is 12.7. The number of carboxylic acids is 1. The van der Waals surface area contributed by atoms with Crippen LogP contribution in [0.1, 0.15) is 21.5 Å². The van der Waals surface area contributed by atoms with Crippen molar-refractivity contribution < 1.29 is 32.6 Å². The van der Waals surface area contributed by atoms with E-state index < -0.39 is 30.1 Å². The molecule has 4 nitrogen and oxygen atoms in total. The van der Waals surface area contributed by atoms with Gasteiger partial charge in [0.15, 0.2) is 5.78 Å². The standard InChI is InChI=1S/C18H13F3O4/c19-18(20,21)15-4-2-1-3-12(15)7-10-16(22)13-5-8-14(9-6-13)25-11-17(23)24/h1-10H,11H2,(H,23,24)/p-1/b10-7+. The third kappa shape index (κ3) is 5.20. The van der Waals surface area contributed by atoms with Crippen molar-refractivity contribution in [2.45, 2.75) is 6.18 Å². The highest BCUT2D eigenvalue weighted by Gasteiger charge is 2.32. The van der Waals surface area contributed by atoms with Gasteiger partial charge in [-0.3, -0.25) is 4.79 Å². The highest BCUT2D eigenvalue weighted by atomic mass is 19.4. The summed E-state index contributed by atoms with van der Waals surface area (Å²) in [5.74, 6) is -1.65. The third-order valence-electron chi connectivity index (χ3n) is 3.18. The van der Waals surface area contributed by atoms with Crippen molar-refractivity contribution in [3.8, 4) is 5.75 Å². The Balaban J connectivity index is 2.12. The van der Waals surface area contributed by atoms with Gasteiger partial charge in [0.2, 0.25) is 0 Å². The van der Waals surface area contributed by atoms with Gasteiger partial charge in [-0.1, -0.05) is 24.3 Å². The first-order chi connectivity index (χ1) is 11.8. The molecule has 0 aromatic heterocycles.